The van der Waals surface area contributed by atoms with Gasteiger partial charge in [0.05, 0.1) is 40.6 Å². The molecular weight excluding hydrogens is 484 g/mol. The van der Waals surface area contributed by atoms with Crippen LogP contribution in [0.15, 0.2) is 24.3 Å². The molecule has 4 atom stereocenters. The molecule has 1 aliphatic heterocycles. The van der Waals surface area contributed by atoms with Gasteiger partial charge in [-0.15, -0.1) is 0 Å². The summed E-state index contributed by atoms with van der Waals surface area (Å²) < 4.78 is 45.1. The van der Waals surface area contributed by atoms with E-state index in [0.29, 0.717) is 28.7 Å². The Labute approximate surface area is 215 Å². The first-order valence-electron chi connectivity index (χ1n) is 11.9. The molecule has 0 radical (unpaired) electrons. The number of rotatable bonds is 9. The molecule has 0 aromatic heterocycles. The van der Waals surface area contributed by atoms with Crippen molar-refractivity contribution < 1.29 is 47.5 Å². The molecule has 1 aliphatic carbocycles. The predicted molar refractivity (Wildman–Crippen MR) is 131 cm³/mol. The fraction of sp³-hybridized carbons (Fsp3) is 0.481. The van der Waals surface area contributed by atoms with Crippen LogP contribution in [0.25, 0.3) is 0 Å². The molecule has 10 nitrogen and oxygen atoms in total. The van der Waals surface area contributed by atoms with E-state index in [4.69, 9.17) is 37.9 Å². The van der Waals surface area contributed by atoms with Gasteiger partial charge in [-0.25, -0.2) is 0 Å². The number of benzene rings is 2. The number of esters is 2. The summed E-state index contributed by atoms with van der Waals surface area (Å²) in [4.78, 5) is 23.7. The summed E-state index contributed by atoms with van der Waals surface area (Å²) in [6.45, 7) is 2.95. The van der Waals surface area contributed by atoms with Crippen molar-refractivity contribution in [3.05, 3.63) is 41.0 Å². The Bertz CT molecular complexity index is 1140. The number of methoxy groups -OCH3 is 4. The molecule has 4 rings (SSSR count). The third-order valence-corrected chi connectivity index (χ3v) is 6.84. The Morgan fingerprint density at radius 3 is 1.81 bits per heavy atom. The Morgan fingerprint density at radius 2 is 1.32 bits per heavy atom. The lowest BCUT2D eigenvalue weighted by Gasteiger charge is -2.43. The predicted octanol–water partition coefficient (Wildman–Crippen LogP) is 3.63. The highest BCUT2D eigenvalue weighted by atomic mass is 16.7. The molecule has 0 unspecified atom stereocenters. The van der Waals surface area contributed by atoms with Crippen molar-refractivity contribution in [1.29, 1.82) is 0 Å². The van der Waals surface area contributed by atoms with Gasteiger partial charge in [0.1, 0.15) is 0 Å². The van der Waals surface area contributed by atoms with Crippen LogP contribution in [-0.4, -0.2) is 60.4 Å². The summed E-state index contributed by atoms with van der Waals surface area (Å²) in [6.07, 6.45) is -0.470. The normalized spacial score (nSPS) is 21.6. The van der Waals surface area contributed by atoms with Crippen LogP contribution in [0.3, 0.4) is 0 Å². The third kappa shape index (κ3) is 5.11. The highest BCUT2D eigenvalue weighted by molar-refractivity contribution is 5.66. The highest BCUT2D eigenvalue weighted by Crippen LogP contribution is 2.54. The molecular formula is C27H32O10. The van der Waals surface area contributed by atoms with E-state index in [1.54, 1.807) is 28.4 Å². The summed E-state index contributed by atoms with van der Waals surface area (Å²) >= 11 is 0. The fourth-order valence-corrected chi connectivity index (χ4v) is 5.29. The van der Waals surface area contributed by atoms with Gasteiger partial charge in [-0.05, 0) is 41.0 Å². The summed E-state index contributed by atoms with van der Waals surface area (Å²) in [5.74, 6) is 0.760. The van der Waals surface area contributed by atoms with E-state index in [2.05, 4.69) is 0 Å². The molecule has 2 aromatic carbocycles. The molecule has 37 heavy (non-hydrogen) atoms. The zero-order chi connectivity index (χ0) is 26.7. The van der Waals surface area contributed by atoms with Gasteiger partial charge in [0, 0.05) is 38.7 Å². The van der Waals surface area contributed by atoms with Gasteiger partial charge in [0.2, 0.25) is 12.5 Å². The van der Waals surface area contributed by atoms with E-state index in [-0.39, 0.29) is 37.8 Å². The Hall–Kier alpha value is -3.66. The minimum absolute atomic E-state index is 0.0641. The van der Waals surface area contributed by atoms with Gasteiger partial charge in [-0.2, -0.15) is 0 Å². The van der Waals surface area contributed by atoms with E-state index < -0.39 is 18.0 Å². The van der Waals surface area contributed by atoms with Crippen LogP contribution in [0.5, 0.6) is 28.7 Å². The van der Waals surface area contributed by atoms with Crippen LogP contribution in [0.1, 0.15) is 42.6 Å². The van der Waals surface area contributed by atoms with Crippen molar-refractivity contribution in [1.82, 2.24) is 0 Å². The summed E-state index contributed by atoms with van der Waals surface area (Å²) in [6, 6.07) is 7.58. The number of fused-ring (bicyclic) bond motifs is 2. The standard InChI is InChI=1S/C27H32O10/c1-14(28)34-11-19-20(12-35-15(2)29)26(32-5)18-10-22-21(36-13-37-22)9-17(18)25(19)16-7-23(30-3)27(33-6)24(8-16)31-4/h7-10,19-20,25-26H,11-13H2,1-6H3/t19-,20+,25-,26+/m1/s1. The molecule has 0 fully saturated rings. The van der Waals surface area contributed by atoms with E-state index in [9.17, 15) is 9.59 Å². The summed E-state index contributed by atoms with van der Waals surface area (Å²) in [5, 5.41) is 0. The molecule has 0 N–H and O–H groups in total. The maximum Gasteiger partial charge on any atom is 0.302 e. The molecule has 10 heteroatoms. The van der Waals surface area contributed by atoms with Gasteiger partial charge in [0.15, 0.2) is 23.0 Å². The summed E-state index contributed by atoms with van der Waals surface area (Å²) in [5.41, 5.74) is 2.59. The first kappa shape index (κ1) is 26.4. The zero-order valence-corrected chi connectivity index (χ0v) is 21.8. The largest absolute Gasteiger partial charge is 0.493 e. The topological polar surface area (TPSA) is 108 Å². The third-order valence-electron chi connectivity index (χ3n) is 6.84. The van der Waals surface area contributed by atoms with Crippen molar-refractivity contribution in [3.8, 4) is 28.7 Å². The lowest BCUT2D eigenvalue weighted by molar-refractivity contribution is -0.151. The van der Waals surface area contributed by atoms with Crippen LogP contribution in [0.4, 0.5) is 0 Å². The second-order valence-corrected chi connectivity index (χ2v) is 8.86. The second kappa shape index (κ2) is 11.2. The SMILES string of the molecule is COc1cc([C@@H]2c3cc4c(cc3[C@H](OC)[C@@H](COC(C)=O)[C@H]2COC(C)=O)OCO4)cc(OC)c1OC. The van der Waals surface area contributed by atoms with Crippen LogP contribution in [-0.2, 0) is 23.8 Å². The Kier molecular flexibility index (Phi) is 7.97. The Morgan fingerprint density at radius 1 is 0.784 bits per heavy atom. The van der Waals surface area contributed by atoms with Crippen LogP contribution in [0.2, 0.25) is 0 Å². The van der Waals surface area contributed by atoms with Crippen molar-refractivity contribution in [2.75, 3.05) is 48.4 Å². The van der Waals surface area contributed by atoms with Crippen LogP contribution in [0, 0.1) is 11.8 Å². The zero-order valence-electron chi connectivity index (χ0n) is 21.8. The van der Waals surface area contributed by atoms with Crippen molar-refractivity contribution in [2.45, 2.75) is 25.9 Å². The van der Waals surface area contributed by atoms with Crippen LogP contribution >= 0.6 is 0 Å². The highest BCUT2D eigenvalue weighted by Gasteiger charge is 2.46. The first-order chi connectivity index (χ1) is 17.8. The lowest BCUT2D eigenvalue weighted by atomic mass is 9.65. The molecule has 1 heterocycles. The molecule has 0 bridgehead atoms. The molecule has 200 valence electrons. The van der Waals surface area contributed by atoms with E-state index in [1.165, 1.54) is 13.8 Å². The molecule has 2 aromatic rings. The van der Waals surface area contributed by atoms with Crippen molar-refractivity contribution in [2.24, 2.45) is 11.8 Å². The van der Waals surface area contributed by atoms with Gasteiger partial charge in [-0.1, -0.05) is 0 Å². The number of hydrogen-bond donors (Lipinski definition) is 0. The number of ether oxygens (including phenoxy) is 8. The van der Waals surface area contributed by atoms with E-state index in [1.807, 2.05) is 24.3 Å². The quantitative estimate of drug-likeness (QED) is 0.459. The van der Waals surface area contributed by atoms with E-state index in [0.717, 1.165) is 16.7 Å². The summed E-state index contributed by atoms with van der Waals surface area (Å²) in [7, 11) is 6.24. The first-order valence-corrected chi connectivity index (χ1v) is 11.9. The second-order valence-electron chi connectivity index (χ2n) is 8.86. The van der Waals surface area contributed by atoms with Crippen molar-refractivity contribution in [3.63, 3.8) is 0 Å². The Balaban J connectivity index is 1.96. The smallest absolute Gasteiger partial charge is 0.302 e. The molecule has 0 amide bonds. The van der Waals surface area contributed by atoms with Gasteiger partial charge < -0.3 is 37.9 Å². The van der Waals surface area contributed by atoms with E-state index >= 15 is 0 Å². The van der Waals surface area contributed by atoms with Gasteiger partial charge >= 0.3 is 11.9 Å². The maximum absolute atomic E-state index is 11.9. The minimum Gasteiger partial charge on any atom is -0.493 e. The number of carbonyl (C=O) groups excluding carboxylic acids is 2. The maximum atomic E-state index is 11.9. The monoisotopic (exact) mass is 516 g/mol. The fourth-order valence-electron chi connectivity index (χ4n) is 5.29. The molecule has 0 saturated carbocycles. The lowest BCUT2D eigenvalue weighted by Crippen LogP contribution is -2.40. The number of carbonyl (C=O) groups is 2. The number of hydrogen-bond acceptors (Lipinski definition) is 10. The molecule has 0 spiro atoms. The molecule has 2 aliphatic rings. The minimum atomic E-state index is -0.470. The van der Waals surface area contributed by atoms with Crippen molar-refractivity contribution >= 4 is 11.9 Å². The van der Waals surface area contributed by atoms with Gasteiger partial charge in [0.25, 0.3) is 0 Å². The average Bonchev–Trinajstić information content (AvgIpc) is 3.35. The van der Waals surface area contributed by atoms with Gasteiger partial charge in [-0.3, -0.25) is 9.59 Å². The van der Waals surface area contributed by atoms with Crippen LogP contribution < -0.4 is 23.7 Å². The molecule has 0 saturated heterocycles. The average molecular weight is 517 g/mol.